The molecular weight excluding hydrogens is 150 g/mol. The molecule has 5 heteroatoms. The molecule has 11 heavy (non-hydrogen) atoms. The predicted octanol–water partition coefficient (Wildman–Crippen LogP) is -0.547. The quantitative estimate of drug-likeness (QED) is 0.487. The maximum absolute atomic E-state index is 10.4. The molecule has 0 rings (SSSR count). The van der Waals surface area contributed by atoms with Gasteiger partial charge in [0.05, 0.1) is 25.7 Å². The normalized spacial score (nSPS) is 14.5. The monoisotopic (exact) mass is 165 g/mol. The van der Waals surface area contributed by atoms with E-state index in [1.807, 2.05) is 0 Å². The molecule has 0 bridgehead atoms. The van der Waals surface area contributed by atoms with Crippen LogP contribution in [-0.4, -0.2) is 35.5 Å². The summed E-state index contributed by atoms with van der Waals surface area (Å²) in [6.45, 7) is 1.41. The summed E-state index contributed by atoms with van der Waals surface area (Å²) in [5.41, 5.74) is 0. The van der Waals surface area contributed by atoms with E-state index in [2.05, 4.69) is 4.74 Å². The van der Waals surface area contributed by atoms with Gasteiger partial charge in [-0.2, -0.15) is 0 Å². The van der Waals surface area contributed by atoms with Gasteiger partial charge >= 0.3 is 5.97 Å². The van der Waals surface area contributed by atoms with Gasteiger partial charge in [-0.15, -0.1) is 0 Å². The molecule has 5 nitrogen and oxygen atoms in total. The molecule has 0 amide bonds. The largest absolute Gasteiger partial charge is 0.469 e. The molecule has 0 aromatic rings. The summed E-state index contributed by atoms with van der Waals surface area (Å²) in [7, 11) is 1.23. The van der Waals surface area contributed by atoms with Crippen molar-refractivity contribution in [3.05, 3.63) is 0 Å². The SMILES string of the molecule is COC(=O)CC(O)C(C)O.N. The number of carbonyl (C=O) groups is 1. The number of hydrogen-bond acceptors (Lipinski definition) is 5. The van der Waals surface area contributed by atoms with E-state index in [-0.39, 0.29) is 12.6 Å². The smallest absolute Gasteiger partial charge is 0.308 e. The standard InChI is InChI=1S/C6H12O4.H3N/c1-4(7)5(8)3-6(9)10-2;/h4-5,7-8H,3H2,1-2H3;1H3. The average molecular weight is 165 g/mol. The fraction of sp³-hybridized carbons (Fsp3) is 0.833. The fourth-order valence-electron chi connectivity index (χ4n) is 0.425. The van der Waals surface area contributed by atoms with Gasteiger partial charge in [0.25, 0.3) is 0 Å². The lowest BCUT2D eigenvalue weighted by Crippen LogP contribution is -2.25. The van der Waals surface area contributed by atoms with Gasteiger partial charge < -0.3 is 21.1 Å². The number of rotatable bonds is 3. The minimum Gasteiger partial charge on any atom is -0.469 e. The van der Waals surface area contributed by atoms with Gasteiger partial charge in [0, 0.05) is 0 Å². The molecule has 5 N–H and O–H groups in total. The number of aliphatic hydroxyl groups is 2. The molecule has 0 radical (unpaired) electrons. The van der Waals surface area contributed by atoms with E-state index in [1.54, 1.807) is 0 Å². The van der Waals surface area contributed by atoms with E-state index < -0.39 is 18.2 Å². The van der Waals surface area contributed by atoms with Crippen LogP contribution in [0, 0.1) is 0 Å². The third-order valence-electron chi connectivity index (χ3n) is 1.16. The second-order valence-electron chi connectivity index (χ2n) is 2.09. The molecule has 0 saturated carbocycles. The predicted molar refractivity (Wildman–Crippen MR) is 39.3 cm³/mol. The van der Waals surface area contributed by atoms with Crippen LogP contribution in [-0.2, 0) is 9.53 Å². The fourth-order valence-corrected chi connectivity index (χ4v) is 0.425. The van der Waals surface area contributed by atoms with Gasteiger partial charge in [0.2, 0.25) is 0 Å². The van der Waals surface area contributed by atoms with Crippen molar-refractivity contribution < 1.29 is 19.7 Å². The molecule has 0 aromatic carbocycles. The van der Waals surface area contributed by atoms with Crippen molar-refractivity contribution in [1.82, 2.24) is 6.15 Å². The highest BCUT2D eigenvalue weighted by molar-refractivity contribution is 5.69. The number of esters is 1. The Morgan fingerprint density at radius 3 is 2.27 bits per heavy atom. The molecule has 2 unspecified atom stereocenters. The Labute approximate surface area is 65.6 Å². The molecule has 2 atom stereocenters. The first kappa shape index (κ1) is 13.0. The van der Waals surface area contributed by atoms with E-state index in [4.69, 9.17) is 10.2 Å². The van der Waals surface area contributed by atoms with Crippen molar-refractivity contribution >= 4 is 5.97 Å². The summed E-state index contributed by atoms with van der Waals surface area (Å²) in [5.74, 6) is -0.520. The minimum absolute atomic E-state index is 0. The van der Waals surface area contributed by atoms with Crippen LogP contribution in [0.25, 0.3) is 0 Å². The van der Waals surface area contributed by atoms with Crippen LogP contribution in [0.15, 0.2) is 0 Å². The second-order valence-corrected chi connectivity index (χ2v) is 2.09. The van der Waals surface area contributed by atoms with Crippen molar-refractivity contribution in [1.29, 1.82) is 0 Å². The first-order valence-electron chi connectivity index (χ1n) is 3.01. The van der Waals surface area contributed by atoms with E-state index in [0.717, 1.165) is 0 Å². The van der Waals surface area contributed by atoms with Gasteiger partial charge in [-0.05, 0) is 6.92 Å². The topological polar surface area (TPSA) is 102 Å². The molecule has 0 heterocycles. The molecule has 0 spiro atoms. The van der Waals surface area contributed by atoms with Crippen molar-refractivity contribution in [2.45, 2.75) is 25.6 Å². The third-order valence-corrected chi connectivity index (χ3v) is 1.16. The summed E-state index contributed by atoms with van der Waals surface area (Å²) in [4.78, 5) is 10.4. The average Bonchev–Trinajstić information content (AvgIpc) is 1.87. The van der Waals surface area contributed by atoms with Crippen molar-refractivity contribution in [2.24, 2.45) is 0 Å². The summed E-state index contributed by atoms with van der Waals surface area (Å²) < 4.78 is 4.26. The molecule has 0 aliphatic carbocycles. The number of carbonyl (C=O) groups excluding carboxylic acids is 1. The molecule has 0 aromatic heterocycles. The van der Waals surface area contributed by atoms with Crippen LogP contribution in [0.4, 0.5) is 0 Å². The Kier molecular flexibility index (Phi) is 7.18. The maximum atomic E-state index is 10.4. The Morgan fingerprint density at radius 1 is 1.55 bits per heavy atom. The van der Waals surface area contributed by atoms with Gasteiger partial charge in [0.1, 0.15) is 0 Å². The van der Waals surface area contributed by atoms with E-state index in [0.29, 0.717) is 0 Å². The lowest BCUT2D eigenvalue weighted by Gasteiger charge is -2.10. The van der Waals surface area contributed by atoms with Crippen molar-refractivity contribution in [3.63, 3.8) is 0 Å². The third kappa shape index (κ3) is 5.78. The zero-order chi connectivity index (χ0) is 8.15. The summed E-state index contributed by atoms with van der Waals surface area (Å²) in [6, 6.07) is 0. The Balaban J connectivity index is 0. The zero-order valence-electron chi connectivity index (χ0n) is 6.78. The van der Waals surface area contributed by atoms with Crippen LogP contribution in [0.3, 0.4) is 0 Å². The number of ether oxygens (including phenoxy) is 1. The van der Waals surface area contributed by atoms with Crippen LogP contribution in [0.5, 0.6) is 0 Å². The molecule has 0 aliphatic heterocycles. The summed E-state index contributed by atoms with van der Waals surface area (Å²) in [6.07, 6.45) is -2.07. The number of methoxy groups -OCH3 is 1. The first-order valence-corrected chi connectivity index (χ1v) is 3.01. The van der Waals surface area contributed by atoms with Crippen LogP contribution in [0.2, 0.25) is 0 Å². The molecule has 68 valence electrons. The molecular formula is C6H15NO4. The Hall–Kier alpha value is -0.650. The zero-order valence-corrected chi connectivity index (χ0v) is 6.78. The maximum Gasteiger partial charge on any atom is 0.308 e. The lowest BCUT2D eigenvalue weighted by atomic mass is 10.2. The van der Waals surface area contributed by atoms with Gasteiger partial charge in [-0.3, -0.25) is 4.79 Å². The highest BCUT2D eigenvalue weighted by atomic mass is 16.5. The Bertz CT molecular complexity index is 115. The lowest BCUT2D eigenvalue weighted by molar-refractivity contribution is -0.144. The highest BCUT2D eigenvalue weighted by Gasteiger charge is 2.15. The Morgan fingerprint density at radius 2 is 2.00 bits per heavy atom. The molecule has 0 fully saturated rings. The van der Waals surface area contributed by atoms with E-state index in [9.17, 15) is 4.79 Å². The van der Waals surface area contributed by atoms with Crippen LogP contribution < -0.4 is 6.15 Å². The van der Waals surface area contributed by atoms with Crippen LogP contribution in [0.1, 0.15) is 13.3 Å². The highest BCUT2D eigenvalue weighted by Crippen LogP contribution is 1.98. The summed E-state index contributed by atoms with van der Waals surface area (Å²) >= 11 is 0. The van der Waals surface area contributed by atoms with Crippen molar-refractivity contribution in [3.8, 4) is 0 Å². The second kappa shape index (κ2) is 6.09. The van der Waals surface area contributed by atoms with Gasteiger partial charge in [-0.25, -0.2) is 0 Å². The van der Waals surface area contributed by atoms with Crippen molar-refractivity contribution in [2.75, 3.05) is 7.11 Å². The van der Waals surface area contributed by atoms with E-state index >= 15 is 0 Å². The first-order chi connectivity index (χ1) is 4.57. The summed E-state index contributed by atoms with van der Waals surface area (Å²) in [5, 5.41) is 17.6. The molecule has 0 aliphatic rings. The number of hydrogen-bond donors (Lipinski definition) is 3. The minimum atomic E-state index is -1.02. The van der Waals surface area contributed by atoms with Gasteiger partial charge in [0.15, 0.2) is 0 Å². The van der Waals surface area contributed by atoms with Gasteiger partial charge in [-0.1, -0.05) is 0 Å². The number of aliphatic hydroxyl groups excluding tert-OH is 2. The van der Waals surface area contributed by atoms with Crippen LogP contribution >= 0.6 is 0 Å². The van der Waals surface area contributed by atoms with E-state index in [1.165, 1.54) is 14.0 Å². The molecule has 0 saturated heterocycles.